The molecule has 1 heterocycles. The molecule has 1 aromatic heterocycles. The van der Waals surface area contributed by atoms with Gasteiger partial charge in [-0.05, 0) is 23.8 Å². The van der Waals surface area contributed by atoms with Crippen LogP contribution in [0.15, 0.2) is 57.9 Å². The van der Waals surface area contributed by atoms with E-state index in [-0.39, 0.29) is 33.9 Å². The third-order valence-electron chi connectivity index (χ3n) is 4.03. The fraction of sp³-hybridized carbons (Fsp3) is 0.263. The Balaban J connectivity index is 1.97. The first-order chi connectivity index (χ1) is 13.3. The molecule has 0 N–H and O–H groups in total. The molecule has 0 saturated heterocycles. The van der Waals surface area contributed by atoms with Crippen LogP contribution in [0.25, 0.3) is 0 Å². The molecule has 0 aliphatic heterocycles. The zero-order chi connectivity index (χ0) is 20.3. The molecule has 28 heavy (non-hydrogen) atoms. The number of aromatic nitrogens is 2. The summed E-state index contributed by atoms with van der Waals surface area (Å²) >= 11 is 12.0. The molecule has 3 aromatic rings. The van der Waals surface area contributed by atoms with E-state index in [1.54, 1.807) is 0 Å². The average molecular weight is 440 g/mol. The van der Waals surface area contributed by atoms with Gasteiger partial charge >= 0.3 is 0 Å². The van der Waals surface area contributed by atoms with Gasteiger partial charge in [-0.3, -0.25) is 0 Å². The van der Waals surface area contributed by atoms with Crippen LogP contribution >= 0.6 is 23.2 Å². The molecule has 0 spiro atoms. The Hall–Kier alpha value is -1.93. The van der Waals surface area contributed by atoms with Crippen LogP contribution in [-0.4, -0.2) is 22.9 Å². The van der Waals surface area contributed by atoms with E-state index in [0.717, 1.165) is 5.56 Å². The predicted octanol–water partition coefficient (Wildman–Crippen LogP) is 4.89. The van der Waals surface area contributed by atoms with E-state index in [1.807, 2.05) is 44.2 Å². The van der Waals surface area contributed by atoms with Crippen LogP contribution in [-0.2, 0) is 23.1 Å². The molecule has 0 amide bonds. The van der Waals surface area contributed by atoms with Gasteiger partial charge in [-0.2, -0.15) is 9.29 Å². The number of hydrogen-bond acceptors (Lipinski definition) is 5. The van der Waals surface area contributed by atoms with E-state index in [9.17, 15) is 8.42 Å². The highest BCUT2D eigenvalue weighted by atomic mass is 35.5. The highest BCUT2D eigenvalue weighted by Gasteiger charge is 2.27. The summed E-state index contributed by atoms with van der Waals surface area (Å²) in [6, 6.07) is 13.5. The molecular weight excluding hydrogens is 421 g/mol. The van der Waals surface area contributed by atoms with E-state index in [1.165, 1.54) is 22.5 Å². The molecule has 0 bridgehead atoms. The van der Waals surface area contributed by atoms with E-state index in [4.69, 9.17) is 27.7 Å². The molecule has 3 rings (SSSR count). The lowest BCUT2D eigenvalue weighted by Crippen LogP contribution is -2.30. The van der Waals surface area contributed by atoms with Crippen molar-refractivity contribution in [3.8, 4) is 0 Å². The Kier molecular flexibility index (Phi) is 6.40. The summed E-state index contributed by atoms with van der Waals surface area (Å²) in [4.78, 5) is 4.35. The van der Waals surface area contributed by atoms with Crippen molar-refractivity contribution in [2.24, 2.45) is 0 Å². The first kappa shape index (κ1) is 20.8. The minimum absolute atomic E-state index is 0.0340. The number of rotatable bonds is 7. The zero-order valence-electron chi connectivity index (χ0n) is 15.3. The van der Waals surface area contributed by atoms with Gasteiger partial charge < -0.3 is 4.52 Å². The summed E-state index contributed by atoms with van der Waals surface area (Å²) in [7, 11) is -3.88. The first-order valence-corrected chi connectivity index (χ1v) is 10.8. The van der Waals surface area contributed by atoms with Crippen molar-refractivity contribution in [3.05, 3.63) is 75.9 Å². The number of hydrogen-bond donors (Lipinski definition) is 0. The third kappa shape index (κ3) is 4.72. The molecule has 2 aromatic carbocycles. The Bertz CT molecular complexity index is 1050. The molecule has 9 heteroatoms. The maximum absolute atomic E-state index is 13.3. The lowest BCUT2D eigenvalue weighted by Gasteiger charge is -2.21. The molecule has 0 radical (unpaired) electrons. The van der Waals surface area contributed by atoms with E-state index >= 15 is 0 Å². The summed E-state index contributed by atoms with van der Waals surface area (Å²) in [6.45, 7) is 3.96. The fourth-order valence-electron chi connectivity index (χ4n) is 2.52. The van der Waals surface area contributed by atoms with E-state index in [0.29, 0.717) is 11.7 Å². The van der Waals surface area contributed by atoms with Crippen molar-refractivity contribution in [3.63, 3.8) is 0 Å². The van der Waals surface area contributed by atoms with E-state index < -0.39 is 10.0 Å². The lowest BCUT2D eigenvalue weighted by atomic mass is 10.2. The third-order valence-corrected chi connectivity index (χ3v) is 6.55. The van der Waals surface area contributed by atoms with Crippen LogP contribution in [0, 0.1) is 0 Å². The van der Waals surface area contributed by atoms with Crippen molar-refractivity contribution < 1.29 is 12.9 Å². The number of nitrogens with zero attached hydrogens (tertiary/aromatic N) is 3. The van der Waals surface area contributed by atoms with Crippen LogP contribution in [0.1, 0.15) is 37.0 Å². The smallest absolute Gasteiger partial charge is 0.243 e. The molecule has 0 aliphatic carbocycles. The van der Waals surface area contributed by atoms with Crippen molar-refractivity contribution in [2.45, 2.75) is 37.8 Å². The standard InChI is InChI=1S/C19H19Cl2N3O3S/c1-13(2)19-22-18(23-27-19)12-24(11-14-6-4-3-5-7-14)28(25,26)15-8-9-16(20)17(21)10-15/h3-10,13H,11-12H2,1-2H3. The summed E-state index contributed by atoms with van der Waals surface area (Å²) in [5.74, 6) is 0.806. The van der Waals surface area contributed by atoms with Gasteiger partial charge in [-0.25, -0.2) is 8.42 Å². The van der Waals surface area contributed by atoms with Gasteiger partial charge in [-0.1, -0.05) is 72.5 Å². The molecule has 0 fully saturated rings. The molecule has 0 saturated carbocycles. The molecule has 0 aliphatic rings. The van der Waals surface area contributed by atoms with Crippen LogP contribution < -0.4 is 0 Å². The van der Waals surface area contributed by atoms with Crippen LogP contribution in [0.4, 0.5) is 0 Å². The van der Waals surface area contributed by atoms with Gasteiger partial charge in [0.25, 0.3) is 0 Å². The van der Waals surface area contributed by atoms with Crippen LogP contribution in [0.5, 0.6) is 0 Å². The van der Waals surface area contributed by atoms with Crippen LogP contribution in [0.2, 0.25) is 10.0 Å². The lowest BCUT2D eigenvalue weighted by molar-refractivity contribution is 0.346. The first-order valence-electron chi connectivity index (χ1n) is 8.59. The summed E-state index contributed by atoms with van der Waals surface area (Å²) in [6.07, 6.45) is 0. The van der Waals surface area contributed by atoms with Gasteiger partial charge in [0.05, 0.1) is 21.5 Å². The minimum atomic E-state index is -3.88. The van der Waals surface area contributed by atoms with Gasteiger partial charge in [0, 0.05) is 12.5 Å². The number of benzene rings is 2. The Labute approximate surface area is 174 Å². The predicted molar refractivity (Wildman–Crippen MR) is 108 cm³/mol. The van der Waals surface area contributed by atoms with Gasteiger partial charge in [0.1, 0.15) is 0 Å². The van der Waals surface area contributed by atoms with Gasteiger partial charge in [0.15, 0.2) is 5.82 Å². The monoisotopic (exact) mass is 439 g/mol. The number of sulfonamides is 1. The highest BCUT2D eigenvalue weighted by molar-refractivity contribution is 7.89. The second-order valence-corrected chi connectivity index (χ2v) is 9.29. The zero-order valence-corrected chi connectivity index (χ0v) is 17.7. The van der Waals surface area contributed by atoms with E-state index in [2.05, 4.69) is 10.1 Å². The van der Waals surface area contributed by atoms with Gasteiger partial charge in [0.2, 0.25) is 15.9 Å². The molecular formula is C19H19Cl2N3O3S. The summed E-state index contributed by atoms with van der Waals surface area (Å²) in [5, 5.41) is 4.38. The van der Waals surface area contributed by atoms with Crippen molar-refractivity contribution in [1.29, 1.82) is 0 Å². The topological polar surface area (TPSA) is 76.3 Å². The Morgan fingerprint density at radius 2 is 1.75 bits per heavy atom. The highest BCUT2D eigenvalue weighted by Crippen LogP contribution is 2.28. The largest absolute Gasteiger partial charge is 0.339 e. The normalized spacial score (nSPS) is 12.1. The molecule has 148 valence electrons. The summed E-state index contributed by atoms with van der Waals surface area (Å²) < 4.78 is 33.1. The fourth-order valence-corrected chi connectivity index (χ4v) is 4.30. The Morgan fingerprint density at radius 3 is 2.36 bits per heavy atom. The minimum Gasteiger partial charge on any atom is -0.339 e. The second-order valence-electron chi connectivity index (χ2n) is 6.54. The second kappa shape index (κ2) is 8.61. The maximum Gasteiger partial charge on any atom is 0.243 e. The quantitative estimate of drug-likeness (QED) is 0.523. The Morgan fingerprint density at radius 1 is 1.04 bits per heavy atom. The number of halogens is 2. The van der Waals surface area contributed by atoms with Gasteiger partial charge in [-0.15, -0.1) is 0 Å². The van der Waals surface area contributed by atoms with Crippen molar-refractivity contribution in [2.75, 3.05) is 0 Å². The summed E-state index contributed by atoms with van der Waals surface area (Å²) in [5.41, 5.74) is 0.832. The van der Waals surface area contributed by atoms with Crippen LogP contribution in [0.3, 0.4) is 0 Å². The molecule has 0 atom stereocenters. The molecule has 0 unspecified atom stereocenters. The maximum atomic E-state index is 13.3. The molecule has 6 nitrogen and oxygen atoms in total. The van der Waals surface area contributed by atoms with Crippen molar-refractivity contribution >= 4 is 33.2 Å². The SMILES string of the molecule is CC(C)c1nc(CN(Cc2ccccc2)S(=O)(=O)c2ccc(Cl)c(Cl)c2)no1. The van der Waals surface area contributed by atoms with Crippen molar-refractivity contribution in [1.82, 2.24) is 14.4 Å². The average Bonchev–Trinajstić information content (AvgIpc) is 3.13.